The second kappa shape index (κ2) is 8.79. The van der Waals surface area contributed by atoms with E-state index in [2.05, 4.69) is 10.2 Å². The molecule has 1 aliphatic rings. The number of ether oxygens (including phenoxy) is 1. The van der Waals surface area contributed by atoms with Gasteiger partial charge < -0.3 is 19.9 Å². The highest BCUT2D eigenvalue weighted by atomic mass is 19.1. The van der Waals surface area contributed by atoms with E-state index in [4.69, 9.17) is 4.74 Å². The van der Waals surface area contributed by atoms with Gasteiger partial charge in [0.05, 0.1) is 19.8 Å². The second-order valence-corrected chi connectivity index (χ2v) is 6.51. The van der Waals surface area contributed by atoms with Gasteiger partial charge in [0, 0.05) is 43.1 Å². The van der Waals surface area contributed by atoms with Crippen LogP contribution in [0.3, 0.4) is 0 Å². The van der Waals surface area contributed by atoms with Crippen molar-refractivity contribution in [3.05, 3.63) is 59.7 Å². The van der Waals surface area contributed by atoms with E-state index in [1.165, 1.54) is 7.05 Å². The van der Waals surface area contributed by atoms with Crippen LogP contribution >= 0.6 is 0 Å². The first kappa shape index (κ1) is 19.8. The van der Waals surface area contributed by atoms with Gasteiger partial charge in [0.15, 0.2) is 0 Å². The van der Waals surface area contributed by atoms with Crippen molar-refractivity contribution in [2.45, 2.75) is 0 Å². The van der Waals surface area contributed by atoms with Gasteiger partial charge in [-0.2, -0.15) is 0 Å². The molecule has 1 aliphatic heterocycles. The van der Waals surface area contributed by atoms with Crippen LogP contribution in [0.1, 0.15) is 10.4 Å². The Morgan fingerprint density at radius 1 is 1.07 bits per heavy atom. The van der Waals surface area contributed by atoms with Crippen LogP contribution in [0.5, 0.6) is 0 Å². The van der Waals surface area contributed by atoms with Gasteiger partial charge in [0.25, 0.3) is 5.91 Å². The van der Waals surface area contributed by atoms with E-state index in [1.54, 1.807) is 12.1 Å². The van der Waals surface area contributed by atoms with Crippen LogP contribution in [0.4, 0.5) is 20.2 Å². The number of benzene rings is 2. The number of rotatable bonds is 5. The highest BCUT2D eigenvalue weighted by Gasteiger charge is 2.17. The molecule has 0 spiro atoms. The van der Waals surface area contributed by atoms with E-state index in [0.717, 1.165) is 35.8 Å². The number of hydrogen-bond acceptors (Lipinski definition) is 4. The Labute approximate surface area is 161 Å². The molecule has 1 saturated heterocycles. The summed E-state index contributed by atoms with van der Waals surface area (Å²) in [6, 6.07) is 9.94. The van der Waals surface area contributed by atoms with Crippen molar-refractivity contribution >= 4 is 23.2 Å². The monoisotopic (exact) mass is 389 g/mol. The molecule has 0 aromatic heterocycles. The maximum absolute atomic E-state index is 13.3. The van der Waals surface area contributed by atoms with Crippen molar-refractivity contribution in [1.82, 2.24) is 4.90 Å². The average Bonchev–Trinajstić information content (AvgIpc) is 2.67. The van der Waals surface area contributed by atoms with Crippen molar-refractivity contribution in [2.24, 2.45) is 0 Å². The smallest absolute Gasteiger partial charge is 0.254 e. The van der Waals surface area contributed by atoms with Gasteiger partial charge in [-0.25, -0.2) is 8.78 Å². The summed E-state index contributed by atoms with van der Waals surface area (Å²) in [5.74, 6) is -2.74. The third-order valence-corrected chi connectivity index (χ3v) is 4.36. The van der Waals surface area contributed by atoms with Crippen LogP contribution in [0.2, 0.25) is 0 Å². The zero-order chi connectivity index (χ0) is 20.1. The molecule has 0 radical (unpaired) electrons. The normalized spacial score (nSPS) is 13.9. The number of morpholine rings is 1. The SMILES string of the molecule is CN(CC(=O)Nc1ccc(N2CCOCC2)cc1)C(=O)c1cc(F)cc(F)c1. The Kier molecular flexibility index (Phi) is 6.20. The molecule has 28 heavy (non-hydrogen) atoms. The summed E-state index contributed by atoms with van der Waals surface area (Å²) in [6.07, 6.45) is 0. The zero-order valence-electron chi connectivity index (χ0n) is 15.5. The Balaban J connectivity index is 1.56. The van der Waals surface area contributed by atoms with Crippen LogP contribution in [0.15, 0.2) is 42.5 Å². The predicted octanol–water partition coefficient (Wildman–Crippen LogP) is 2.51. The van der Waals surface area contributed by atoms with Crippen LogP contribution in [0, 0.1) is 11.6 Å². The molecule has 1 fully saturated rings. The van der Waals surface area contributed by atoms with E-state index in [-0.39, 0.29) is 12.1 Å². The zero-order valence-corrected chi connectivity index (χ0v) is 15.5. The van der Waals surface area contributed by atoms with Gasteiger partial charge in [-0.15, -0.1) is 0 Å². The number of hydrogen-bond donors (Lipinski definition) is 1. The molecule has 2 amide bonds. The van der Waals surface area contributed by atoms with Crippen molar-refractivity contribution in [3.63, 3.8) is 0 Å². The number of anilines is 2. The van der Waals surface area contributed by atoms with Crippen LogP contribution in [-0.4, -0.2) is 56.6 Å². The van der Waals surface area contributed by atoms with E-state index in [0.29, 0.717) is 25.0 Å². The Morgan fingerprint density at radius 2 is 1.68 bits per heavy atom. The minimum Gasteiger partial charge on any atom is -0.378 e. The van der Waals surface area contributed by atoms with Gasteiger partial charge in [-0.1, -0.05) is 0 Å². The summed E-state index contributed by atoms with van der Waals surface area (Å²) < 4.78 is 31.9. The molecule has 0 bridgehead atoms. The molecule has 2 aromatic rings. The number of halogens is 2. The molecular formula is C20H21F2N3O3. The lowest BCUT2D eigenvalue weighted by atomic mass is 10.2. The van der Waals surface area contributed by atoms with Crippen molar-refractivity contribution in [3.8, 4) is 0 Å². The lowest BCUT2D eigenvalue weighted by Crippen LogP contribution is -2.36. The van der Waals surface area contributed by atoms with E-state index in [9.17, 15) is 18.4 Å². The molecule has 1 heterocycles. The molecule has 0 saturated carbocycles. The third-order valence-electron chi connectivity index (χ3n) is 4.36. The molecule has 8 heteroatoms. The first-order chi connectivity index (χ1) is 13.4. The minimum atomic E-state index is -0.846. The topological polar surface area (TPSA) is 61.9 Å². The van der Waals surface area contributed by atoms with Crippen LogP contribution in [0.25, 0.3) is 0 Å². The minimum absolute atomic E-state index is 0.150. The number of carbonyl (C=O) groups is 2. The molecule has 3 rings (SSSR count). The van der Waals surface area contributed by atoms with Gasteiger partial charge in [0.1, 0.15) is 11.6 Å². The summed E-state index contributed by atoms with van der Waals surface area (Å²) >= 11 is 0. The molecule has 0 aliphatic carbocycles. The fourth-order valence-electron chi connectivity index (χ4n) is 2.96. The Hall–Kier alpha value is -3.00. The third kappa shape index (κ3) is 5.04. The Morgan fingerprint density at radius 3 is 2.29 bits per heavy atom. The van der Waals surface area contributed by atoms with Crippen molar-refractivity contribution in [1.29, 1.82) is 0 Å². The van der Waals surface area contributed by atoms with Gasteiger partial charge in [-0.3, -0.25) is 9.59 Å². The number of carbonyl (C=O) groups excluding carboxylic acids is 2. The lowest BCUT2D eigenvalue weighted by Gasteiger charge is -2.28. The quantitative estimate of drug-likeness (QED) is 0.854. The fraction of sp³-hybridized carbons (Fsp3) is 0.300. The van der Waals surface area contributed by atoms with Crippen molar-refractivity contribution in [2.75, 3.05) is 50.1 Å². The van der Waals surface area contributed by atoms with Gasteiger partial charge in [-0.05, 0) is 36.4 Å². The molecule has 0 atom stereocenters. The van der Waals surface area contributed by atoms with Gasteiger partial charge >= 0.3 is 0 Å². The largest absolute Gasteiger partial charge is 0.378 e. The first-order valence-electron chi connectivity index (χ1n) is 8.86. The van der Waals surface area contributed by atoms with Gasteiger partial charge in [0.2, 0.25) is 5.91 Å². The molecule has 6 nitrogen and oxygen atoms in total. The second-order valence-electron chi connectivity index (χ2n) is 6.51. The number of nitrogens with one attached hydrogen (secondary N) is 1. The molecular weight excluding hydrogens is 368 g/mol. The summed E-state index contributed by atoms with van der Waals surface area (Å²) in [6.45, 7) is 2.77. The molecule has 1 N–H and O–H groups in total. The van der Waals surface area contributed by atoms with E-state index in [1.807, 2.05) is 12.1 Å². The van der Waals surface area contributed by atoms with E-state index < -0.39 is 23.4 Å². The average molecular weight is 389 g/mol. The van der Waals surface area contributed by atoms with E-state index >= 15 is 0 Å². The summed E-state index contributed by atoms with van der Waals surface area (Å²) in [4.78, 5) is 27.7. The Bertz CT molecular complexity index is 832. The highest BCUT2D eigenvalue weighted by Crippen LogP contribution is 2.19. The maximum Gasteiger partial charge on any atom is 0.254 e. The number of likely N-dealkylation sites (N-methyl/N-ethyl adjacent to an activating group) is 1. The summed E-state index contributed by atoms with van der Waals surface area (Å²) in [5.41, 5.74) is 1.49. The van der Waals surface area contributed by atoms with Crippen molar-refractivity contribution < 1.29 is 23.1 Å². The number of amides is 2. The molecule has 148 valence electrons. The fourth-order valence-corrected chi connectivity index (χ4v) is 2.96. The van der Waals surface area contributed by atoms with Crippen LogP contribution < -0.4 is 10.2 Å². The molecule has 0 unspecified atom stereocenters. The number of nitrogens with zero attached hydrogens (tertiary/aromatic N) is 2. The predicted molar refractivity (Wildman–Crippen MR) is 101 cm³/mol. The lowest BCUT2D eigenvalue weighted by molar-refractivity contribution is -0.116. The van der Waals surface area contributed by atoms with Crippen LogP contribution in [-0.2, 0) is 9.53 Å². The maximum atomic E-state index is 13.3. The first-order valence-corrected chi connectivity index (χ1v) is 8.86. The highest BCUT2D eigenvalue weighted by molar-refractivity contribution is 5.99. The summed E-state index contributed by atoms with van der Waals surface area (Å²) in [7, 11) is 1.40. The standard InChI is InChI=1S/C20H21F2N3O3/c1-24(20(27)14-10-15(21)12-16(22)11-14)13-19(26)23-17-2-4-18(5-3-17)25-6-8-28-9-7-25/h2-5,10-12H,6-9,13H2,1H3,(H,23,26). The summed E-state index contributed by atoms with van der Waals surface area (Å²) in [5, 5.41) is 2.71. The molecule has 2 aromatic carbocycles.